The zero-order chi connectivity index (χ0) is 12.7. The maximum absolute atomic E-state index is 11.8. The third-order valence-corrected chi connectivity index (χ3v) is 2.58. The van der Waals surface area contributed by atoms with Crippen molar-refractivity contribution in [2.75, 3.05) is 6.61 Å². The summed E-state index contributed by atoms with van der Waals surface area (Å²) in [5, 5.41) is 8.55. The number of benzene rings is 1. The smallest absolute Gasteiger partial charge is 0.338 e. The Morgan fingerprint density at radius 3 is 2.76 bits per heavy atom. The summed E-state index contributed by atoms with van der Waals surface area (Å²) < 4.78 is 5.03. The summed E-state index contributed by atoms with van der Waals surface area (Å²) in [4.78, 5) is 11.8. The molecule has 0 unspecified atom stereocenters. The summed E-state index contributed by atoms with van der Waals surface area (Å²) in [7, 11) is 0. The molecule has 0 radical (unpaired) electrons. The van der Waals surface area contributed by atoms with Gasteiger partial charge >= 0.3 is 5.97 Å². The Morgan fingerprint density at radius 1 is 1.41 bits per heavy atom. The number of hydrogen-bond donors (Lipinski definition) is 0. The summed E-state index contributed by atoms with van der Waals surface area (Å²) >= 11 is 0. The van der Waals surface area contributed by atoms with Crippen molar-refractivity contribution >= 4 is 5.97 Å². The van der Waals surface area contributed by atoms with Crippen LogP contribution in [0.2, 0.25) is 0 Å². The highest BCUT2D eigenvalue weighted by atomic mass is 16.5. The van der Waals surface area contributed by atoms with Crippen LogP contribution in [0.1, 0.15) is 41.8 Å². The molecule has 0 heterocycles. The van der Waals surface area contributed by atoms with Gasteiger partial charge in [0, 0.05) is 6.42 Å². The van der Waals surface area contributed by atoms with Crippen LogP contribution in [-0.2, 0) is 17.6 Å². The van der Waals surface area contributed by atoms with Crippen molar-refractivity contribution in [3.05, 3.63) is 34.9 Å². The molecule has 0 saturated carbocycles. The van der Waals surface area contributed by atoms with E-state index in [0.29, 0.717) is 25.0 Å². The van der Waals surface area contributed by atoms with E-state index < -0.39 is 0 Å². The molecule has 1 aromatic rings. The van der Waals surface area contributed by atoms with Crippen LogP contribution in [-0.4, -0.2) is 12.6 Å². The third-order valence-electron chi connectivity index (χ3n) is 2.58. The van der Waals surface area contributed by atoms with Crippen LogP contribution in [0, 0.1) is 11.3 Å². The van der Waals surface area contributed by atoms with Crippen molar-refractivity contribution in [2.45, 2.75) is 33.1 Å². The average Bonchev–Trinajstić information content (AvgIpc) is 2.36. The van der Waals surface area contributed by atoms with Gasteiger partial charge in [-0.05, 0) is 37.0 Å². The zero-order valence-corrected chi connectivity index (χ0v) is 10.3. The lowest BCUT2D eigenvalue weighted by molar-refractivity contribution is 0.0525. The number of aryl methyl sites for hydroxylation is 2. The molecule has 1 rings (SSSR count). The van der Waals surface area contributed by atoms with Gasteiger partial charge in [0.2, 0.25) is 0 Å². The van der Waals surface area contributed by atoms with Crippen molar-refractivity contribution in [3.63, 3.8) is 0 Å². The van der Waals surface area contributed by atoms with E-state index in [2.05, 4.69) is 6.07 Å². The molecule has 17 heavy (non-hydrogen) atoms. The number of ether oxygens (including phenoxy) is 1. The molecule has 0 aliphatic heterocycles. The number of nitriles is 1. The van der Waals surface area contributed by atoms with E-state index in [9.17, 15) is 4.79 Å². The second-order valence-corrected chi connectivity index (χ2v) is 3.72. The first kappa shape index (κ1) is 13.2. The van der Waals surface area contributed by atoms with Gasteiger partial charge in [-0.3, -0.25) is 0 Å². The maximum Gasteiger partial charge on any atom is 0.338 e. The van der Waals surface area contributed by atoms with Gasteiger partial charge in [-0.1, -0.05) is 19.1 Å². The van der Waals surface area contributed by atoms with Gasteiger partial charge < -0.3 is 4.74 Å². The van der Waals surface area contributed by atoms with Gasteiger partial charge in [0.25, 0.3) is 0 Å². The fourth-order valence-corrected chi connectivity index (χ4v) is 1.69. The zero-order valence-electron chi connectivity index (χ0n) is 10.3. The number of nitrogens with zero attached hydrogens (tertiary/aromatic N) is 1. The molecule has 0 aliphatic carbocycles. The number of hydrogen-bond acceptors (Lipinski definition) is 3. The minimum absolute atomic E-state index is 0.275. The van der Waals surface area contributed by atoms with E-state index in [-0.39, 0.29) is 5.97 Å². The van der Waals surface area contributed by atoms with Crippen molar-refractivity contribution < 1.29 is 9.53 Å². The molecule has 3 heteroatoms. The van der Waals surface area contributed by atoms with Crippen molar-refractivity contribution in [2.24, 2.45) is 0 Å². The lowest BCUT2D eigenvalue weighted by Gasteiger charge is -2.09. The first-order chi connectivity index (χ1) is 8.22. The summed E-state index contributed by atoms with van der Waals surface area (Å²) in [6, 6.07) is 7.86. The van der Waals surface area contributed by atoms with E-state index in [1.807, 2.05) is 25.1 Å². The molecule has 0 atom stereocenters. The highest BCUT2D eigenvalue weighted by Gasteiger charge is 2.12. The molecule has 0 bridgehead atoms. The number of rotatable bonds is 5. The third kappa shape index (κ3) is 3.60. The molecule has 0 spiro atoms. The normalized spacial score (nSPS) is 9.71. The fraction of sp³-hybridized carbons (Fsp3) is 0.429. The maximum atomic E-state index is 11.8. The first-order valence-electron chi connectivity index (χ1n) is 5.88. The summed E-state index contributed by atoms with van der Waals surface area (Å²) in [5.74, 6) is -0.275. The van der Waals surface area contributed by atoms with Gasteiger partial charge in [-0.15, -0.1) is 0 Å². The van der Waals surface area contributed by atoms with Crippen molar-refractivity contribution in [3.8, 4) is 6.07 Å². The Balaban J connectivity index is 2.98. The topological polar surface area (TPSA) is 50.1 Å². The molecule has 0 aliphatic rings. The first-order valence-corrected chi connectivity index (χ1v) is 5.88. The Hall–Kier alpha value is -1.82. The predicted octanol–water partition coefficient (Wildman–Crippen LogP) is 2.88. The average molecular weight is 231 g/mol. The van der Waals surface area contributed by atoms with Gasteiger partial charge in [-0.2, -0.15) is 5.26 Å². The highest BCUT2D eigenvalue weighted by molar-refractivity contribution is 5.91. The summed E-state index contributed by atoms with van der Waals surface area (Å²) in [6.45, 7) is 4.18. The SMILES string of the molecule is CCOC(=O)c1cc(CCC#N)ccc1CC. The predicted molar refractivity (Wildman–Crippen MR) is 65.7 cm³/mol. The summed E-state index contributed by atoms with van der Waals surface area (Å²) in [6.07, 6.45) is 1.94. The number of carbonyl (C=O) groups is 1. The second-order valence-electron chi connectivity index (χ2n) is 3.72. The fourth-order valence-electron chi connectivity index (χ4n) is 1.69. The molecule has 0 fully saturated rings. The van der Waals surface area contributed by atoms with Crippen LogP contribution < -0.4 is 0 Å². The van der Waals surface area contributed by atoms with Crippen molar-refractivity contribution in [1.29, 1.82) is 5.26 Å². The minimum Gasteiger partial charge on any atom is -0.462 e. The molecular formula is C14H17NO2. The van der Waals surface area contributed by atoms with E-state index in [1.54, 1.807) is 6.92 Å². The molecule has 90 valence electrons. The molecular weight excluding hydrogens is 214 g/mol. The van der Waals surface area contributed by atoms with Crippen LogP contribution in [0.3, 0.4) is 0 Å². The largest absolute Gasteiger partial charge is 0.462 e. The molecule has 0 saturated heterocycles. The Kier molecular flexibility index (Phi) is 5.22. The van der Waals surface area contributed by atoms with Crippen LogP contribution in [0.4, 0.5) is 0 Å². The lowest BCUT2D eigenvalue weighted by Crippen LogP contribution is -2.08. The van der Waals surface area contributed by atoms with E-state index in [1.165, 1.54) is 0 Å². The highest BCUT2D eigenvalue weighted by Crippen LogP contribution is 2.15. The Bertz CT molecular complexity index is 432. The Labute approximate surface area is 102 Å². The van der Waals surface area contributed by atoms with E-state index in [0.717, 1.165) is 17.5 Å². The number of esters is 1. The molecule has 0 aromatic heterocycles. The van der Waals surface area contributed by atoms with Gasteiger partial charge in [0.15, 0.2) is 0 Å². The monoisotopic (exact) mass is 231 g/mol. The van der Waals surface area contributed by atoms with Crippen molar-refractivity contribution in [1.82, 2.24) is 0 Å². The van der Waals surface area contributed by atoms with Crippen LogP contribution in [0.25, 0.3) is 0 Å². The van der Waals surface area contributed by atoms with Gasteiger partial charge in [0.1, 0.15) is 0 Å². The Morgan fingerprint density at radius 2 is 2.18 bits per heavy atom. The lowest BCUT2D eigenvalue weighted by atomic mass is 10.00. The van der Waals surface area contributed by atoms with E-state index in [4.69, 9.17) is 10.00 Å². The molecule has 0 amide bonds. The van der Waals surface area contributed by atoms with Gasteiger partial charge in [0.05, 0.1) is 18.2 Å². The quantitative estimate of drug-likeness (QED) is 0.732. The van der Waals surface area contributed by atoms with Gasteiger partial charge in [-0.25, -0.2) is 4.79 Å². The molecule has 3 nitrogen and oxygen atoms in total. The standard InChI is InChI=1S/C14H17NO2/c1-3-12-8-7-11(6-5-9-15)10-13(12)14(16)17-4-2/h7-8,10H,3-6H2,1-2H3. The second kappa shape index (κ2) is 6.70. The molecule has 1 aromatic carbocycles. The summed E-state index contributed by atoms with van der Waals surface area (Å²) in [5.41, 5.74) is 2.63. The van der Waals surface area contributed by atoms with Crippen LogP contribution >= 0.6 is 0 Å². The molecule has 0 N–H and O–H groups in total. The van der Waals surface area contributed by atoms with Crippen LogP contribution in [0.5, 0.6) is 0 Å². The number of carbonyl (C=O) groups excluding carboxylic acids is 1. The minimum atomic E-state index is -0.275. The van der Waals surface area contributed by atoms with Crippen LogP contribution in [0.15, 0.2) is 18.2 Å². The van der Waals surface area contributed by atoms with E-state index >= 15 is 0 Å².